The second-order valence-corrected chi connectivity index (χ2v) is 14.0. The number of imide groups is 1. The zero-order valence-corrected chi connectivity index (χ0v) is 31.5. The predicted molar refractivity (Wildman–Crippen MR) is 210 cm³/mol. The van der Waals surface area contributed by atoms with Crippen LogP contribution in [0.25, 0.3) is 17.1 Å². The van der Waals surface area contributed by atoms with E-state index in [1.54, 1.807) is 29.3 Å². The number of aromatic nitrogens is 3. The van der Waals surface area contributed by atoms with Gasteiger partial charge in [0.25, 0.3) is 11.8 Å². The van der Waals surface area contributed by atoms with Crippen LogP contribution >= 0.6 is 0 Å². The van der Waals surface area contributed by atoms with Crippen molar-refractivity contribution in [1.29, 1.82) is 0 Å². The van der Waals surface area contributed by atoms with E-state index in [9.17, 15) is 35.9 Å². The lowest BCUT2D eigenvalue weighted by molar-refractivity contribution is -0.274. The van der Waals surface area contributed by atoms with Crippen LogP contribution in [0, 0.1) is 0 Å². The lowest BCUT2D eigenvalue weighted by atomic mass is 10.0. The number of alkyl halides is 6. The molecule has 1 aromatic heterocycles. The van der Waals surface area contributed by atoms with Crippen LogP contribution in [0.4, 0.5) is 37.7 Å². The lowest BCUT2D eigenvalue weighted by Crippen LogP contribution is -2.31. The van der Waals surface area contributed by atoms with Gasteiger partial charge in [-0.2, -0.15) is 18.3 Å². The van der Waals surface area contributed by atoms with Crippen LogP contribution in [0.2, 0.25) is 0 Å². The first-order valence-electron chi connectivity index (χ1n) is 18.7. The summed E-state index contributed by atoms with van der Waals surface area (Å²) in [5.41, 5.74) is 10.4. The molecule has 0 aliphatic carbocycles. The molecule has 0 saturated heterocycles. The molecular formula is C43H34F6N8O3. The topological polar surface area (TPSA) is 122 Å². The molecule has 0 radical (unpaired) electrons. The Morgan fingerprint density at radius 2 is 1.37 bits per heavy atom. The number of unbranched alkanes of at least 4 members (excludes halogenated alkanes) is 1. The predicted octanol–water partition coefficient (Wildman–Crippen LogP) is 8.58. The van der Waals surface area contributed by atoms with E-state index in [0.29, 0.717) is 71.2 Å². The zero-order valence-electron chi connectivity index (χ0n) is 31.5. The number of hydrazone groups is 1. The van der Waals surface area contributed by atoms with Crippen molar-refractivity contribution in [3.63, 3.8) is 0 Å². The van der Waals surface area contributed by atoms with Crippen molar-refractivity contribution < 1.29 is 40.7 Å². The number of nitrogens with zero attached hydrogens (tertiary/aromatic N) is 7. The first-order valence-corrected chi connectivity index (χ1v) is 18.7. The van der Waals surface area contributed by atoms with Crippen molar-refractivity contribution in [2.24, 2.45) is 10.8 Å². The third-order valence-corrected chi connectivity index (χ3v) is 10.0. The van der Waals surface area contributed by atoms with Crippen molar-refractivity contribution in [1.82, 2.24) is 19.7 Å². The van der Waals surface area contributed by atoms with Crippen molar-refractivity contribution in [2.45, 2.75) is 38.3 Å². The molecule has 0 spiro atoms. The van der Waals surface area contributed by atoms with Crippen LogP contribution in [0.1, 0.15) is 55.8 Å². The molecule has 0 fully saturated rings. The molecule has 3 heterocycles. The van der Waals surface area contributed by atoms with Gasteiger partial charge in [-0.05, 0) is 109 Å². The lowest BCUT2D eigenvalue weighted by Gasteiger charge is -2.23. The highest BCUT2D eigenvalue weighted by atomic mass is 19.4. The fourth-order valence-electron chi connectivity index (χ4n) is 7.03. The average molecular weight is 825 g/mol. The first kappa shape index (κ1) is 39.8. The minimum atomic E-state index is -4.85. The van der Waals surface area contributed by atoms with Gasteiger partial charge in [0.1, 0.15) is 18.7 Å². The fourth-order valence-corrected chi connectivity index (χ4v) is 7.03. The maximum absolute atomic E-state index is 13.4. The van der Waals surface area contributed by atoms with Crippen LogP contribution in [-0.2, 0) is 19.1 Å². The third-order valence-electron chi connectivity index (χ3n) is 10.0. The molecule has 17 heteroatoms. The summed E-state index contributed by atoms with van der Waals surface area (Å²) in [7, 11) is 0. The molecule has 6 aromatic rings. The van der Waals surface area contributed by atoms with Gasteiger partial charge in [-0.25, -0.2) is 14.7 Å². The van der Waals surface area contributed by atoms with Gasteiger partial charge in [0, 0.05) is 29.9 Å². The highest BCUT2D eigenvalue weighted by Gasteiger charge is 2.35. The summed E-state index contributed by atoms with van der Waals surface area (Å²) in [6.45, 7) is 0.662. The van der Waals surface area contributed by atoms with Gasteiger partial charge < -0.3 is 15.4 Å². The molecule has 60 heavy (non-hydrogen) atoms. The number of hydrogen-bond acceptors (Lipinski definition) is 9. The molecule has 8 rings (SSSR count). The van der Waals surface area contributed by atoms with E-state index in [1.807, 2.05) is 47.4 Å². The summed E-state index contributed by atoms with van der Waals surface area (Å²) in [5.74, 6) is -0.252. The van der Waals surface area contributed by atoms with Gasteiger partial charge in [-0.15, -0.1) is 18.3 Å². The maximum Gasteiger partial charge on any atom is 0.573 e. The minimum Gasteiger partial charge on any atom is -0.406 e. The summed E-state index contributed by atoms with van der Waals surface area (Å²) in [6, 6.07) is 29.8. The van der Waals surface area contributed by atoms with Crippen LogP contribution in [0.15, 0.2) is 127 Å². The normalized spacial score (nSPS) is 14.2. The number of rotatable bonds is 12. The summed E-state index contributed by atoms with van der Waals surface area (Å²) in [6.07, 6.45) is -6.32. The van der Waals surface area contributed by atoms with Crippen LogP contribution in [0.3, 0.4) is 0 Å². The number of halogens is 6. The molecule has 0 bridgehead atoms. The molecule has 0 atom stereocenters. The average Bonchev–Trinajstić information content (AvgIpc) is 3.97. The minimum absolute atomic E-state index is 0.121. The Kier molecular flexibility index (Phi) is 10.6. The quantitative estimate of drug-likeness (QED) is 0.0741. The molecule has 11 nitrogen and oxygen atoms in total. The smallest absolute Gasteiger partial charge is 0.406 e. The van der Waals surface area contributed by atoms with Crippen LogP contribution in [-0.4, -0.2) is 56.9 Å². The van der Waals surface area contributed by atoms with E-state index in [-0.39, 0.29) is 25.0 Å². The number of nitrogens with two attached hydrogens (primary N) is 1. The number of fused-ring (bicyclic) bond motifs is 1. The highest BCUT2D eigenvalue weighted by Crippen LogP contribution is 2.35. The molecule has 2 aliphatic rings. The molecule has 2 amide bonds. The fraction of sp³-hybridized carbons (Fsp3) is 0.186. The number of hydrogen-bond donors (Lipinski definition) is 1. The Bertz CT molecular complexity index is 2540. The van der Waals surface area contributed by atoms with Crippen molar-refractivity contribution in [3.8, 4) is 22.8 Å². The van der Waals surface area contributed by atoms with E-state index in [1.165, 1.54) is 52.3 Å². The number of amidine groups is 1. The van der Waals surface area contributed by atoms with Crippen molar-refractivity contribution >= 4 is 29.0 Å². The summed E-state index contributed by atoms with van der Waals surface area (Å²) in [5, 5.41) is 11.1. The zero-order chi connectivity index (χ0) is 42.2. The Labute approximate surface area is 338 Å². The molecule has 0 saturated carbocycles. The monoisotopic (exact) mass is 824 g/mol. The number of carbonyl (C=O) groups excluding carboxylic acids is 2. The number of anilines is 2. The summed E-state index contributed by atoms with van der Waals surface area (Å²) >= 11 is 0. The number of aryl methyl sites for hydroxylation is 1. The van der Waals surface area contributed by atoms with Gasteiger partial charge in [-0.1, -0.05) is 36.4 Å². The summed E-state index contributed by atoms with van der Waals surface area (Å²) in [4.78, 5) is 33.6. The van der Waals surface area contributed by atoms with Crippen molar-refractivity contribution in [3.05, 3.63) is 155 Å². The molecule has 5 aromatic carbocycles. The number of amides is 2. The Morgan fingerprint density at radius 3 is 2.00 bits per heavy atom. The van der Waals surface area contributed by atoms with E-state index in [0.717, 1.165) is 28.8 Å². The highest BCUT2D eigenvalue weighted by molar-refractivity contribution is 6.21. The van der Waals surface area contributed by atoms with Crippen LogP contribution < -0.4 is 20.4 Å². The first-order chi connectivity index (χ1) is 28.7. The molecular weight excluding hydrogens is 791 g/mol. The van der Waals surface area contributed by atoms with Gasteiger partial charge in [0.05, 0.1) is 28.1 Å². The van der Waals surface area contributed by atoms with Gasteiger partial charge >= 0.3 is 12.5 Å². The molecule has 306 valence electrons. The van der Waals surface area contributed by atoms with E-state index in [4.69, 9.17) is 10.8 Å². The van der Waals surface area contributed by atoms with Crippen LogP contribution in [0.5, 0.6) is 5.75 Å². The maximum atomic E-state index is 13.4. The van der Waals surface area contributed by atoms with Gasteiger partial charge in [0.15, 0.2) is 11.7 Å². The van der Waals surface area contributed by atoms with Gasteiger partial charge in [-0.3, -0.25) is 14.5 Å². The SMILES string of the molecule is NCc1ccc(C2=NN(c3ccc(C(F)(F)F)cc3)CN2c2cc(CCCCN3C(=O)c4ccccc4C3=O)cc(-c3ncn(-c4ccc(OC(F)(F)F)cc4)n3)c2)cc1. The molecule has 2 N–H and O–H groups in total. The van der Waals surface area contributed by atoms with E-state index in [2.05, 4.69) is 14.8 Å². The number of carbonyl (C=O) groups is 2. The summed E-state index contributed by atoms with van der Waals surface area (Å²) < 4.78 is 84.0. The van der Waals surface area contributed by atoms with E-state index < -0.39 is 23.9 Å². The van der Waals surface area contributed by atoms with Crippen molar-refractivity contribution in [2.75, 3.05) is 23.1 Å². The number of ether oxygens (including phenoxy) is 1. The second kappa shape index (κ2) is 16.0. The largest absolute Gasteiger partial charge is 0.573 e. The van der Waals surface area contributed by atoms with E-state index >= 15 is 0 Å². The van der Waals surface area contributed by atoms with Gasteiger partial charge in [0.2, 0.25) is 0 Å². The number of benzene rings is 5. The Hall–Kier alpha value is -7.01. The molecule has 0 unspecified atom stereocenters. The second-order valence-electron chi connectivity index (χ2n) is 14.0. The Morgan fingerprint density at radius 1 is 0.700 bits per heavy atom. The molecule has 2 aliphatic heterocycles. The Balaban J connectivity index is 1.11. The third kappa shape index (κ3) is 8.42. The standard InChI is InChI=1S/C43H34F6N8O3/c44-42(45,46)31-12-14-33(15-13-31)57-26-55(39(53-57)29-10-8-27(24-50)9-11-29)34-22-28(5-3-4-20-54-40(58)36-6-1-2-7-37(36)41(54)59)21-30(23-34)38-51-25-56(52-38)32-16-18-35(19-17-32)60-43(47,48)49/h1-2,6-19,21-23,25H,3-5,20,24,26,50H2.